The summed E-state index contributed by atoms with van der Waals surface area (Å²) >= 11 is 0. The molecule has 0 bridgehead atoms. The molecule has 0 spiro atoms. The molecule has 3 heterocycles. The van der Waals surface area contributed by atoms with Gasteiger partial charge in [0.15, 0.2) is 0 Å². The Morgan fingerprint density at radius 2 is 2.26 bits per heavy atom. The van der Waals surface area contributed by atoms with Gasteiger partial charge in [-0.2, -0.15) is 0 Å². The Kier molecular flexibility index (Phi) is 5.02. The number of nitrogens with one attached hydrogen (secondary N) is 2. The van der Waals surface area contributed by atoms with Gasteiger partial charge in [-0.25, -0.2) is 4.98 Å². The van der Waals surface area contributed by atoms with E-state index in [2.05, 4.69) is 15.3 Å². The van der Waals surface area contributed by atoms with Crippen molar-refractivity contribution in [2.45, 2.75) is 31.9 Å². The van der Waals surface area contributed by atoms with E-state index in [9.17, 15) is 9.59 Å². The number of rotatable bonds is 4. The Balaban J connectivity index is 1.42. The molecule has 7 nitrogen and oxygen atoms in total. The van der Waals surface area contributed by atoms with E-state index < -0.39 is 0 Å². The number of aromatic amines is 1. The third-order valence-electron chi connectivity index (χ3n) is 4.94. The molecule has 4 rings (SSSR count). The second kappa shape index (κ2) is 7.75. The number of carbonyl (C=O) groups excluding carboxylic acids is 2. The Labute approximate surface area is 157 Å². The third kappa shape index (κ3) is 4.09. The molecule has 1 atom stereocenters. The van der Waals surface area contributed by atoms with Gasteiger partial charge in [-0.3, -0.25) is 9.59 Å². The van der Waals surface area contributed by atoms with Crippen LogP contribution in [-0.4, -0.2) is 45.9 Å². The first-order valence-electron chi connectivity index (χ1n) is 9.19. The minimum atomic E-state index is -0.355. The van der Waals surface area contributed by atoms with Crippen molar-refractivity contribution in [3.63, 3.8) is 0 Å². The standard InChI is InChI=1S/C20H22N4O3/c25-19(6-5-17-11-21-13-22-17)24-8-7-14-3-4-16(10-15(14)12-24)23-20(26)18-2-1-9-27-18/h3-6,10-11,13,18H,1-2,7-9,12H2,(H,21,22)(H,23,26)/b6-5+. The number of imidazole rings is 1. The number of hydrogen-bond acceptors (Lipinski definition) is 4. The highest BCUT2D eigenvalue weighted by Crippen LogP contribution is 2.24. The molecule has 2 aliphatic rings. The molecule has 1 saturated heterocycles. The predicted molar refractivity (Wildman–Crippen MR) is 101 cm³/mol. The summed E-state index contributed by atoms with van der Waals surface area (Å²) in [6, 6.07) is 5.91. The Morgan fingerprint density at radius 3 is 3.04 bits per heavy atom. The Hall–Kier alpha value is -2.93. The van der Waals surface area contributed by atoms with Crippen molar-refractivity contribution in [1.82, 2.24) is 14.9 Å². The lowest BCUT2D eigenvalue weighted by Crippen LogP contribution is -2.35. The molecule has 1 aromatic heterocycles. The fraction of sp³-hybridized carbons (Fsp3) is 0.350. The zero-order chi connectivity index (χ0) is 18.6. The normalized spacial score (nSPS) is 19.3. The van der Waals surface area contributed by atoms with E-state index in [-0.39, 0.29) is 17.9 Å². The van der Waals surface area contributed by atoms with Crippen LogP contribution in [0.3, 0.4) is 0 Å². The molecule has 2 aliphatic heterocycles. The number of benzene rings is 1. The maximum Gasteiger partial charge on any atom is 0.253 e. The van der Waals surface area contributed by atoms with E-state index in [4.69, 9.17) is 4.74 Å². The number of aromatic nitrogens is 2. The van der Waals surface area contributed by atoms with Crippen LogP contribution >= 0.6 is 0 Å². The van der Waals surface area contributed by atoms with E-state index in [0.717, 1.165) is 36.2 Å². The minimum Gasteiger partial charge on any atom is -0.368 e. The lowest BCUT2D eigenvalue weighted by atomic mass is 9.99. The quantitative estimate of drug-likeness (QED) is 0.812. The number of hydrogen-bond donors (Lipinski definition) is 2. The molecule has 0 aliphatic carbocycles. The van der Waals surface area contributed by atoms with Gasteiger partial charge >= 0.3 is 0 Å². The number of fused-ring (bicyclic) bond motifs is 1. The van der Waals surface area contributed by atoms with Crippen LogP contribution in [0.2, 0.25) is 0 Å². The van der Waals surface area contributed by atoms with Gasteiger partial charge in [0.1, 0.15) is 6.10 Å². The number of H-pyrrole nitrogens is 1. The fourth-order valence-electron chi connectivity index (χ4n) is 3.45. The smallest absolute Gasteiger partial charge is 0.253 e. The number of carbonyl (C=O) groups is 2. The maximum absolute atomic E-state index is 12.5. The molecule has 1 fully saturated rings. The van der Waals surface area contributed by atoms with Crippen LogP contribution in [0, 0.1) is 0 Å². The third-order valence-corrected chi connectivity index (χ3v) is 4.94. The van der Waals surface area contributed by atoms with Crippen LogP contribution in [-0.2, 0) is 27.3 Å². The molecular weight excluding hydrogens is 344 g/mol. The lowest BCUT2D eigenvalue weighted by molar-refractivity contribution is -0.127. The number of amides is 2. The molecular formula is C20H22N4O3. The first-order valence-corrected chi connectivity index (χ1v) is 9.19. The highest BCUT2D eigenvalue weighted by molar-refractivity contribution is 5.94. The second-order valence-corrected chi connectivity index (χ2v) is 6.82. The minimum absolute atomic E-state index is 0.0379. The van der Waals surface area contributed by atoms with Crippen molar-refractivity contribution in [2.24, 2.45) is 0 Å². The van der Waals surface area contributed by atoms with E-state index in [1.165, 1.54) is 5.56 Å². The van der Waals surface area contributed by atoms with Gasteiger partial charge in [-0.1, -0.05) is 6.07 Å². The molecule has 2 aromatic rings. The van der Waals surface area contributed by atoms with Crippen molar-refractivity contribution in [1.29, 1.82) is 0 Å². The first-order chi connectivity index (χ1) is 13.2. The van der Waals surface area contributed by atoms with E-state index in [1.807, 2.05) is 18.2 Å². The van der Waals surface area contributed by atoms with Gasteiger partial charge in [-0.05, 0) is 48.6 Å². The SMILES string of the molecule is O=C(Nc1ccc2c(c1)CN(C(=O)/C=C/c1cnc[nH]1)CC2)C1CCCO1. The van der Waals surface area contributed by atoms with Crippen LogP contribution in [0.1, 0.15) is 29.7 Å². The molecule has 1 unspecified atom stereocenters. The summed E-state index contributed by atoms with van der Waals surface area (Å²) in [4.78, 5) is 33.4. The molecule has 2 amide bonds. The summed E-state index contributed by atoms with van der Waals surface area (Å²) in [5, 5.41) is 2.93. The zero-order valence-electron chi connectivity index (χ0n) is 15.0. The number of nitrogens with zero attached hydrogens (tertiary/aromatic N) is 2. The molecule has 7 heteroatoms. The zero-order valence-corrected chi connectivity index (χ0v) is 15.0. The van der Waals surface area contributed by atoms with Crippen molar-refractivity contribution >= 4 is 23.6 Å². The summed E-state index contributed by atoms with van der Waals surface area (Å²) in [6.07, 6.45) is 8.66. The number of anilines is 1. The van der Waals surface area contributed by atoms with Crippen LogP contribution in [0.25, 0.3) is 6.08 Å². The van der Waals surface area contributed by atoms with Crippen molar-refractivity contribution in [2.75, 3.05) is 18.5 Å². The Bertz CT molecular complexity index is 854. The van der Waals surface area contributed by atoms with E-state index >= 15 is 0 Å². The van der Waals surface area contributed by atoms with E-state index in [1.54, 1.807) is 29.6 Å². The molecule has 0 saturated carbocycles. The van der Waals surface area contributed by atoms with Gasteiger partial charge in [0.2, 0.25) is 5.91 Å². The van der Waals surface area contributed by atoms with Crippen LogP contribution in [0.15, 0.2) is 36.8 Å². The Morgan fingerprint density at radius 1 is 1.33 bits per heavy atom. The van der Waals surface area contributed by atoms with Gasteiger partial charge < -0.3 is 19.9 Å². The van der Waals surface area contributed by atoms with E-state index in [0.29, 0.717) is 19.7 Å². The molecule has 2 N–H and O–H groups in total. The summed E-state index contributed by atoms with van der Waals surface area (Å²) < 4.78 is 5.43. The van der Waals surface area contributed by atoms with Gasteiger partial charge in [0, 0.05) is 31.5 Å². The average Bonchev–Trinajstić information content (AvgIpc) is 3.39. The van der Waals surface area contributed by atoms with Crippen molar-refractivity contribution in [3.8, 4) is 0 Å². The summed E-state index contributed by atoms with van der Waals surface area (Å²) in [7, 11) is 0. The van der Waals surface area contributed by atoms with Crippen molar-refractivity contribution < 1.29 is 14.3 Å². The van der Waals surface area contributed by atoms with Gasteiger partial charge in [0.05, 0.1) is 18.2 Å². The molecule has 0 radical (unpaired) electrons. The highest BCUT2D eigenvalue weighted by atomic mass is 16.5. The maximum atomic E-state index is 12.5. The summed E-state index contributed by atoms with van der Waals surface area (Å²) in [6.45, 7) is 1.86. The molecule has 140 valence electrons. The van der Waals surface area contributed by atoms with Crippen LogP contribution < -0.4 is 5.32 Å². The van der Waals surface area contributed by atoms with Gasteiger partial charge in [-0.15, -0.1) is 0 Å². The average molecular weight is 366 g/mol. The monoisotopic (exact) mass is 366 g/mol. The summed E-state index contributed by atoms with van der Waals surface area (Å²) in [5.74, 6) is -0.136. The highest BCUT2D eigenvalue weighted by Gasteiger charge is 2.24. The topological polar surface area (TPSA) is 87.3 Å². The van der Waals surface area contributed by atoms with Gasteiger partial charge in [0.25, 0.3) is 5.91 Å². The lowest BCUT2D eigenvalue weighted by Gasteiger charge is -2.28. The van der Waals surface area contributed by atoms with Crippen molar-refractivity contribution in [3.05, 3.63) is 53.6 Å². The number of ether oxygens (including phenoxy) is 1. The molecule has 1 aromatic carbocycles. The predicted octanol–water partition coefficient (Wildman–Crippen LogP) is 2.13. The first kappa shape index (κ1) is 17.5. The van der Waals surface area contributed by atoms with Crippen LogP contribution in [0.5, 0.6) is 0 Å². The fourth-order valence-corrected chi connectivity index (χ4v) is 3.45. The van der Waals surface area contributed by atoms with Crippen LogP contribution in [0.4, 0.5) is 5.69 Å². The molecule has 27 heavy (non-hydrogen) atoms. The second-order valence-electron chi connectivity index (χ2n) is 6.82. The summed E-state index contributed by atoms with van der Waals surface area (Å²) in [5.41, 5.74) is 3.82. The largest absolute Gasteiger partial charge is 0.368 e.